The van der Waals surface area contributed by atoms with Crippen molar-refractivity contribution in [1.82, 2.24) is 10.3 Å². The van der Waals surface area contributed by atoms with Crippen molar-refractivity contribution in [2.24, 2.45) is 5.92 Å². The minimum Gasteiger partial charge on any atom is -0.276 e. The third-order valence-corrected chi connectivity index (χ3v) is 4.56. The van der Waals surface area contributed by atoms with Gasteiger partial charge in [0.25, 0.3) is 5.91 Å². The Bertz CT molecular complexity index is 761. The highest BCUT2D eigenvalue weighted by Crippen LogP contribution is 2.40. The molecule has 1 aromatic heterocycles. The minimum absolute atomic E-state index is 0.107. The predicted octanol–water partition coefficient (Wildman–Crippen LogP) is 2.33. The molecular weight excluding hydrogens is 292 g/mol. The maximum absolute atomic E-state index is 12.9. The molecule has 1 amide bonds. The van der Waals surface area contributed by atoms with Crippen LogP contribution >= 0.6 is 0 Å². The zero-order valence-corrected chi connectivity index (χ0v) is 13.0. The molecule has 0 saturated carbocycles. The molecule has 6 nitrogen and oxygen atoms in total. The highest BCUT2D eigenvalue weighted by atomic mass is 16.6. The molecule has 2 atom stereocenters. The summed E-state index contributed by atoms with van der Waals surface area (Å²) < 4.78 is 0. The van der Waals surface area contributed by atoms with Crippen molar-refractivity contribution in [2.45, 2.75) is 26.3 Å². The SMILES string of the molecule is Cc1ccc(N2C(=O)C3C(C)Cc4ccccc4N3N2O)cn1. The van der Waals surface area contributed by atoms with Crippen LogP contribution in [0.4, 0.5) is 11.4 Å². The molecule has 3 heterocycles. The summed E-state index contributed by atoms with van der Waals surface area (Å²) in [6.45, 7) is 3.92. The van der Waals surface area contributed by atoms with E-state index < -0.39 is 6.04 Å². The molecule has 1 aromatic carbocycles. The van der Waals surface area contributed by atoms with Gasteiger partial charge in [0.05, 0.1) is 17.6 Å². The van der Waals surface area contributed by atoms with Gasteiger partial charge in [0.1, 0.15) is 6.04 Å². The highest BCUT2D eigenvalue weighted by molar-refractivity contribution is 6.01. The number of carbonyl (C=O) groups excluding carboxylic acids is 1. The standard InChI is InChI=1S/C17H18N4O2/c1-11-9-13-5-3-4-6-15(13)20-16(11)17(22)19(21(20)23)14-8-7-12(2)18-10-14/h3-8,10-11,16,23H,9H2,1-2H3. The van der Waals surface area contributed by atoms with Crippen LogP contribution in [0.15, 0.2) is 42.6 Å². The second-order valence-electron chi connectivity index (χ2n) is 6.18. The van der Waals surface area contributed by atoms with Gasteiger partial charge in [-0.05, 0) is 43.0 Å². The molecule has 0 aliphatic carbocycles. The molecule has 1 fully saturated rings. The summed E-state index contributed by atoms with van der Waals surface area (Å²) in [5.74, 6) is -0.0318. The van der Waals surface area contributed by atoms with Crippen LogP contribution in [-0.2, 0) is 11.2 Å². The van der Waals surface area contributed by atoms with E-state index in [1.54, 1.807) is 17.3 Å². The van der Waals surface area contributed by atoms with Crippen LogP contribution in [0.2, 0.25) is 0 Å². The van der Waals surface area contributed by atoms with Gasteiger partial charge in [-0.2, -0.15) is 5.01 Å². The molecule has 4 rings (SSSR count). The smallest absolute Gasteiger partial charge is 0.269 e. The Morgan fingerprint density at radius 2 is 2.00 bits per heavy atom. The summed E-state index contributed by atoms with van der Waals surface area (Å²) in [5, 5.41) is 14.6. The number of rotatable bonds is 1. The Kier molecular flexibility index (Phi) is 3.11. The Hall–Kier alpha value is -2.44. The van der Waals surface area contributed by atoms with Gasteiger partial charge in [-0.3, -0.25) is 20.0 Å². The maximum Gasteiger partial charge on any atom is 0.269 e. The van der Waals surface area contributed by atoms with Crippen molar-refractivity contribution >= 4 is 17.3 Å². The summed E-state index contributed by atoms with van der Waals surface area (Å²) in [4.78, 5) is 17.1. The summed E-state index contributed by atoms with van der Waals surface area (Å²) in [5.41, 5.74) is 3.42. The second-order valence-corrected chi connectivity index (χ2v) is 6.18. The number of anilines is 2. The van der Waals surface area contributed by atoms with Gasteiger partial charge >= 0.3 is 0 Å². The van der Waals surface area contributed by atoms with E-state index in [0.29, 0.717) is 5.69 Å². The maximum atomic E-state index is 12.9. The highest BCUT2D eigenvalue weighted by Gasteiger charge is 2.51. The van der Waals surface area contributed by atoms with Gasteiger partial charge < -0.3 is 0 Å². The normalized spacial score (nSPS) is 23.9. The number of amides is 1. The second kappa shape index (κ2) is 5.04. The van der Waals surface area contributed by atoms with Crippen molar-refractivity contribution in [1.29, 1.82) is 0 Å². The predicted molar refractivity (Wildman–Crippen MR) is 85.7 cm³/mol. The van der Waals surface area contributed by atoms with Crippen LogP contribution < -0.4 is 10.0 Å². The first-order valence-electron chi connectivity index (χ1n) is 7.70. The van der Waals surface area contributed by atoms with Gasteiger partial charge in [-0.1, -0.05) is 25.1 Å². The van der Waals surface area contributed by atoms with Crippen molar-refractivity contribution in [2.75, 3.05) is 10.0 Å². The number of aryl methyl sites for hydroxylation is 1. The van der Waals surface area contributed by atoms with Crippen molar-refractivity contribution < 1.29 is 10.0 Å². The quantitative estimate of drug-likeness (QED) is 0.876. The molecule has 6 heteroatoms. The average molecular weight is 310 g/mol. The number of hydrogen-bond acceptors (Lipinski definition) is 5. The molecule has 0 spiro atoms. The zero-order valence-electron chi connectivity index (χ0n) is 13.0. The molecule has 2 aromatic rings. The number of hydrogen-bond donors (Lipinski definition) is 1. The number of benzene rings is 1. The lowest BCUT2D eigenvalue weighted by Gasteiger charge is -2.37. The number of aromatic nitrogens is 1. The first-order chi connectivity index (χ1) is 11.1. The molecular formula is C17H18N4O2. The first-order valence-corrected chi connectivity index (χ1v) is 7.70. The minimum atomic E-state index is -0.406. The van der Waals surface area contributed by atoms with Crippen LogP contribution in [0.3, 0.4) is 0 Å². The molecule has 0 bridgehead atoms. The van der Waals surface area contributed by atoms with Crippen molar-refractivity contribution in [3.63, 3.8) is 0 Å². The molecule has 1 saturated heterocycles. The van der Waals surface area contributed by atoms with Crippen LogP contribution in [0.1, 0.15) is 18.2 Å². The molecule has 118 valence electrons. The van der Waals surface area contributed by atoms with Crippen LogP contribution in [-0.4, -0.2) is 27.4 Å². The Balaban J connectivity index is 1.80. The molecule has 2 unspecified atom stereocenters. The summed E-state index contributed by atoms with van der Waals surface area (Å²) in [6, 6.07) is 11.1. The lowest BCUT2D eigenvalue weighted by molar-refractivity contribution is -0.127. The van der Waals surface area contributed by atoms with E-state index >= 15 is 0 Å². The van der Waals surface area contributed by atoms with E-state index in [0.717, 1.165) is 28.6 Å². The van der Waals surface area contributed by atoms with Gasteiger partial charge in [-0.25, -0.2) is 0 Å². The molecule has 2 aliphatic rings. The van der Waals surface area contributed by atoms with E-state index in [-0.39, 0.29) is 11.8 Å². The number of carbonyl (C=O) groups is 1. The monoisotopic (exact) mass is 310 g/mol. The molecule has 23 heavy (non-hydrogen) atoms. The fourth-order valence-electron chi connectivity index (χ4n) is 3.44. The van der Waals surface area contributed by atoms with Crippen LogP contribution in [0, 0.1) is 12.8 Å². The van der Waals surface area contributed by atoms with Gasteiger partial charge in [0, 0.05) is 11.0 Å². The summed E-state index contributed by atoms with van der Waals surface area (Å²) >= 11 is 0. The molecule has 2 aliphatic heterocycles. The summed E-state index contributed by atoms with van der Waals surface area (Å²) in [6.07, 6.45) is 2.42. The van der Waals surface area contributed by atoms with Crippen molar-refractivity contribution in [3.05, 3.63) is 53.9 Å². The number of pyridine rings is 1. The van der Waals surface area contributed by atoms with Gasteiger partial charge in [0.2, 0.25) is 0 Å². The topological polar surface area (TPSA) is 59.9 Å². The fourth-order valence-corrected chi connectivity index (χ4v) is 3.44. The van der Waals surface area contributed by atoms with E-state index in [1.807, 2.05) is 44.2 Å². The Morgan fingerprint density at radius 3 is 2.74 bits per heavy atom. The van der Waals surface area contributed by atoms with E-state index in [4.69, 9.17) is 0 Å². The Labute approximate surface area is 134 Å². The molecule has 0 radical (unpaired) electrons. The Morgan fingerprint density at radius 1 is 1.22 bits per heavy atom. The largest absolute Gasteiger partial charge is 0.276 e. The van der Waals surface area contributed by atoms with Gasteiger partial charge in [0.15, 0.2) is 0 Å². The van der Waals surface area contributed by atoms with Crippen molar-refractivity contribution in [3.8, 4) is 0 Å². The lowest BCUT2D eigenvalue weighted by atomic mass is 9.88. The van der Waals surface area contributed by atoms with Gasteiger partial charge in [-0.15, -0.1) is 0 Å². The van der Waals surface area contributed by atoms with Crippen LogP contribution in [0.25, 0.3) is 0 Å². The zero-order chi connectivity index (χ0) is 16.1. The van der Waals surface area contributed by atoms with E-state index in [9.17, 15) is 10.0 Å². The van der Waals surface area contributed by atoms with E-state index in [2.05, 4.69) is 4.98 Å². The third kappa shape index (κ3) is 2.03. The first kappa shape index (κ1) is 14.2. The number of hydrazine groups is 2. The van der Waals surface area contributed by atoms with E-state index in [1.165, 1.54) is 5.01 Å². The van der Waals surface area contributed by atoms with Crippen LogP contribution in [0.5, 0.6) is 0 Å². The lowest BCUT2D eigenvalue weighted by Crippen LogP contribution is -2.48. The number of fused-ring (bicyclic) bond motifs is 3. The average Bonchev–Trinajstić information content (AvgIpc) is 2.81. The molecule has 1 N–H and O–H groups in total. The number of nitrogens with zero attached hydrogens (tertiary/aromatic N) is 4. The summed E-state index contributed by atoms with van der Waals surface area (Å²) in [7, 11) is 0. The fraction of sp³-hybridized carbons (Fsp3) is 0.294. The number of para-hydroxylation sites is 1. The third-order valence-electron chi connectivity index (χ3n) is 4.56.